The van der Waals surface area contributed by atoms with Crippen LogP contribution in [0.2, 0.25) is 0 Å². The topological polar surface area (TPSA) is 0 Å². The fraction of sp³-hybridized carbons (Fsp3) is 1.00. The van der Waals surface area contributed by atoms with Crippen molar-refractivity contribution in [3.05, 3.63) is 0 Å². The van der Waals surface area contributed by atoms with Gasteiger partial charge in [-0.2, -0.15) is 0 Å². The van der Waals surface area contributed by atoms with E-state index >= 15 is 0 Å². The van der Waals surface area contributed by atoms with E-state index in [-0.39, 0.29) is 7.92 Å². The van der Waals surface area contributed by atoms with Crippen LogP contribution < -0.4 is 0 Å². The third-order valence-corrected chi connectivity index (χ3v) is 7.72. The third kappa shape index (κ3) is 5.34. The van der Waals surface area contributed by atoms with Crippen LogP contribution in [0.15, 0.2) is 0 Å². The average molecular weight is 230 g/mol. The molecule has 0 aliphatic rings. The van der Waals surface area contributed by atoms with Crippen LogP contribution in [0, 0.1) is 0 Å². The molecule has 0 saturated heterocycles. The number of rotatable bonds is 8. The van der Waals surface area contributed by atoms with E-state index in [1.54, 1.807) is 0 Å². The fourth-order valence-corrected chi connectivity index (χ4v) is 4.75. The van der Waals surface area contributed by atoms with Crippen molar-refractivity contribution in [2.75, 3.05) is 6.66 Å². The van der Waals surface area contributed by atoms with Gasteiger partial charge in [0.25, 0.3) is 0 Å². The molecule has 0 bridgehead atoms. The van der Waals surface area contributed by atoms with E-state index in [1.807, 2.05) is 0 Å². The molecule has 0 radical (unpaired) electrons. The minimum absolute atomic E-state index is 0.195. The van der Waals surface area contributed by atoms with Crippen molar-refractivity contribution < 1.29 is 0 Å². The maximum Gasteiger partial charge on any atom is -0.0154 e. The Morgan fingerprint density at radius 1 is 1.00 bits per heavy atom. The van der Waals surface area contributed by atoms with Crippen LogP contribution >= 0.6 is 7.92 Å². The summed E-state index contributed by atoms with van der Waals surface area (Å²) in [5.74, 6) is 0. The van der Waals surface area contributed by atoms with E-state index in [0.29, 0.717) is 5.16 Å². The summed E-state index contributed by atoms with van der Waals surface area (Å²) in [6, 6.07) is 0. The van der Waals surface area contributed by atoms with Crippen molar-refractivity contribution in [1.82, 2.24) is 0 Å². The molecule has 0 amide bonds. The van der Waals surface area contributed by atoms with Crippen LogP contribution in [0.3, 0.4) is 0 Å². The van der Waals surface area contributed by atoms with Gasteiger partial charge < -0.3 is 0 Å². The first-order valence-electron chi connectivity index (χ1n) is 6.72. The summed E-state index contributed by atoms with van der Waals surface area (Å²) in [5.41, 5.74) is 1.01. The quantitative estimate of drug-likeness (QED) is 0.473. The van der Waals surface area contributed by atoms with Crippen molar-refractivity contribution >= 4 is 7.92 Å². The predicted octanol–water partition coefficient (Wildman–Crippen LogP) is 5.65. The molecule has 0 aromatic rings. The van der Waals surface area contributed by atoms with E-state index in [1.165, 1.54) is 38.5 Å². The summed E-state index contributed by atoms with van der Waals surface area (Å²) in [6.45, 7) is 14.5. The van der Waals surface area contributed by atoms with E-state index in [4.69, 9.17) is 0 Å². The first kappa shape index (κ1) is 15.4. The molecule has 0 nitrogen and oxygen atoms in total. The van der Waals surface area contributed by atoms with Crippen LogP contribution in [0.5, 0.6) is 0 Å². The number of unbranched alkanes of at least 4 members (excludes halogenated alkanes) is 1. The number of hydrogen-bond acceptors (Lipinski definition) is 0. The molecule has 0 rings (SSSR count). The zero-order valence-electron chi connectivity index (χ0n) is 11.8. The molecule has 0 N–H and O–H groups in total. The first-order valence-corrected chi connectivity index (χ1v) is 8.58. The molecule has 2 atom stereocenters. The summed E-state index contributed by atoms with van der Waals surface area (Å²) in [5, 5.41) is 0.586. The minimum Gasteiger partial charge on any atom is -0.101 e. The normalized spacial score (nSPS) is 16.4. The SMILES string of the molecule is CCCCC(CCC)P(C)C(C)(C)CC. The molecule has 0 aliphatic carbocycles. The van der Waals surface area contributed by atoms with Crippen LogP contribution in [0.4, 0.5) is 0 Å². The van der Waals surface area contributed by atoms with Gasteiger partial charge in [0, 0.05) is 0 Å². The Balaban J connectivity index is 4.32. The van der Waals surface area contributed by atoms with Crippen molar-refractivity contribution in [3.8, 4) is 0 Å². The molecule has 0 fully saturated rings. The Labute approximate surface area is 99.0 Å². The fourth-order valence-electron chi connectivity index (χ4n) is 2.05. The Hall–Kier alpha value is 0.430. The largest absolute Gasteiger partial charge is 0.101 e. The van der Waals surface area contributed by atoms with Gasteiger partial charge in [-0.05, 0) is 36.7 Å². The zero-order chi connectivity index (χ0) is 11.9. The molecule has 2 unspecified atom stereocenters. The van der Waals surface area contributed by atoms with E-state index < -0.39 is 0 Å². The van der Waals surface area contributed by atoms with Gasteiger partial charge in [0.15, 0.2) is 0 Å². The van der Waals surface area contributed by atoms with Gasteiger partial charge in [-0.25, -0.2) is 0 Å². The summed E-state index contributed by atoms with van der Waals surface area (Å²) < 4.78 is 0. The summed E-state index contributed by atoms with van der Waals surface area (Å²) in [6.07, 6.45) is 8.40. The van der Waals surface area contributed by atoms with Gasteiger partial charge >= 0.3 is 0 Å². The van der Waals surface area contributed by atoms with Crippen molar-refractivity contribution in [3.63, 3.8) is 0 Å². The van der Waals surface area contributed by atoms with Gasteiger partial charge in [0.1, 0.15) is 0 Å². The second-order valence-electron chi connectivity index (χ2n) is 5.36. The molecule has 0 aromatic heterocycles. The molecule has 15 heavy (non-hydrogen) atoms. The zero-order valence-corrected chi connectivity index (χ0v) is 12.7. The molecule has 92 valence electrons. The highest BCUT2D eigenvalue weighted by atomic mass is 31.1. The lowest BCUT2D eigenvalue weighted by Crippen LogP contribution is -2.22. The molecule has 0 aromatic carbocycles. The molecule has 1 heteroatoms. The Bertz CT molecular complexity index is 151. The first-order chi connectivity index (χ1) is 6.99. The third-order valence-electron chi connectivity index (χ3n) is 3.88. The molecule has 0 spiro atoms. The maximum atomic E-state index is 2.54. The van der Waals surface area contributed by atoms with Crippen molar-refractivity contribution in [2.24, 2.45) is 0 Å². The highest BCUT2D eigenvalue weighted by molar-refractivity contribution is 7.59. The van der Waals surface area contributed by atoms with Crippen molar-refractivity contribution in [2.45, 2.75) is 84.0 Å². The molecular formula is C14H31P. The number of hydrogen-bond donors (Lipinski definition) is 0. The van der Waals surface area contributed by atoms with E-state index in [9.17, 15) is 0 Å². The Morgan fingerprint density at radius 2 is 1.60 bits per heavy atom. The van der Waals surface area contributed by atoms with Gasteiger partial charge in [-0.15, -0.1) is 7.92 Å². The Kier molecular flexibility index (Phi) is 7.88. The summed E-state index contributed by atoms with van der Waals surface area (Å²) in [7, 11) is 0.195. The predicted molar refractivity (Wildman–Crippen MR) is 75.4 cm³/mol. The maximum absolute atomic E-state index is 2.54. The molecular weight excluding hydrogens is 199 g/mol. The summed E-state index contributed by atoms with van der Waals surface area (Å²) >= 11 is 0. The van der Waals surface area contributed by atoms with Crippen LogP contribution in [-0.4, -0.2) is 17.5 Å². The van der Waals surface area contributed by atoms with Crippen LogP contribution in [0.1, 0.15) is 73.1 Å². The Morgan fingerprint density at radius 3 is 2.00 bits per heavy atom. The second kappa shape index (κ2) is 7.66. The van der Waals surface area contributed by atoms with Crippen LogP contribution in [-0.2, 0) is 0 Å². The highest BCUT2D eigenvalue weighted by Gasteiger charge is 2.29. The van der Waals surface area contributed by atoms with Gasteiger partial charge in [-0.3, -0.25) is 0 Å². The highest BCUT2D eigenvalue weighted by Crippen LogP contribution is 2.54. The second-order valence-corrected chi connectivity index (χ2v) is 8.52. The van der Waals surface area contributed by atoms with Gasteiger partial charge in [0.05, 0.1) is 0 Å². The van der Waals surface area contributed by atoms with E-state index in [2.05, 4.69) is 41.3 Å². The van der Waals surface area contributed by atoms with Gasteiger partial charge in [-0.1, -0.05) is 53.9 Å². The lowest BCUT2D eigenvalue weighted by atomic mass is 10.1. The monoisotopic (exact) mass is 230 g/mol. The molecule has 0 heterocycles. The average Bonchev–Trinajstić information content (AvgIpc) is 2.23. The van der Waals surface area contributed by atoms with Gasteiger partial charge in [0.2, 0.25) is 0 Å². The minimum atomic E-state index is 0.195. The lowest BCUT2D eigenvalue weighted by Gasteiger charge is -2.37. The molecule has 0 saturated carbocycles. The molecule has 0 aliphatic heterocycles. The van der Waals surface area contributed by atoms with Crippen molar-refractivity contribution in [1.29, 1.82) is 0 Å². The summed E-state index contributed by atoms with van der Waals surface area (Å²) in [4.78, 5) is 0. The lowest BCUT2D eigenvalue weighted by molar-refractivity contribution is 0.601. The standard InChI is InChI=1S/C14H31P/c1-7-10-12-13(11-8-2)15(6)14(4,5)9-3/h13H,7-12H2,1-6H3. The van der Waals surface area contributed by atoms with Crippen LogP contribution in [0.25, 0.3) is 0 Å². The smallest absolute Gasteiger partial charge is 0.0154 e. The van der Waals surface area contributed by atoms with E-state index in [0.717, 1.165) is 5.66 Å².